The summed E-state index contributed by atoms with van der Waals surface area (Å²) in [4.78, 5) is 0.191. The van der Waals surface area contributed by atoms with Gasteiger partial charge in [-0.25, -0.2) is 8.42 Å². The van der Waals surface area contributed by atoms with Crippen LogP contribution >= 0.6 is 11.3 Å². The SMILES string of the molecule is CCCc1ccsc1-c1cc(C(F)(F)F)cc(S(=O)(=O)N(C)C[C@H](O)CNC(C)(C)CC2Cc3ccccc3C2)c1. The third-order valence-corrected chi connectivity index (χ3v) is 10.5. The van der Waals surface area contributed by atoms with Crippen molar-refractivity contribution in [2.45, 2.75) is 75.6 Å². The van der Waals surface area contributed by atoms with Crippen molar-refractivity contribution in [2.24, 2.45) is 5.92 Å². The van der Waals surface area contributed by atoms with Crippen LogP contribution in [0.1, 0.15) is 55.9 Å². The van der Waals surface area contributed by atoms with Gasteiger partial charge in [-0.15, -0.1) is 11.3 Å². The van der Waals surface area contributed by atoms with Gasteiger partial charge >= 0.3 is 6.18 Å². The van der Waals surface area contributed by atoms with Crippen molar-refractivity contribution < 1.29 is 26.7 Å². The number of aryl methyl sites for hydroxylation is 1. The first kappa shape index (κ1) is 31.7. The summed E-state index contributed by atoms with van der Waals surface area (Å²) in [5.41, 5.74) is 2.55. The Morgan fingerprint density at radius 3 is 2.37 bits per heavy atom. The molecule has 1 atom stereocenters. The second-order valence-corrected chi connectivity index (χ2v) is 14.7. The molecule has 1 aromatic heterocycles. The lowest BCUT2D eigenvalue weighted by atomic mass is 9.88. The fourth-order valence-electron chi connectivity index (χ4n) is 5.72. The zero-order chi connectivity index (χ0) is 30.0. The maximum Gasteiger partial charge on any atom is 0.416 e. The molecule has 0 unspecified atom stereocenters. The lowest BCUT2D eigenvalue weighted by Crippen LogP contribution is -2.47. The van der Waals surface area contributed by atoms with Gasteiger partial charge in [0, 0.05) is 30.6 Å². The smallest absolute Gasteiger partial charge is 0.390 e. The Morgan fingerprint density at radius 1 is 1.10 bits per heavy atom. The van der Waals surface area contributed by atoms with Gasteiger partial charge in [0.25, 0.3) is 0 Å². The number of fused-ring (bicyclic) bond motifs is 1. The van der Waals surface area contributed by atoms with Crippen LogP contribution in [-0.2, 0) is 35.5 Å². The van der Waals surface area contributed by atoms with Crippen LogP contribution in [-0.4, -0.2) is 49.6 Å². The molecule has 0 spiro atoms. The summed E-state index contributed by atoms with van der Waals surface area (Å²) in [5.74, 6) is 0.478. The topological polar surface area (TPSA) is 69.6 Å². The van der Waals surface area contributed by atoms with E-state index < -0.39 is 32.8 Å². The molecule has 0 radical (unpaired) electrons. The molecule has 0 amide bonds. The molecule has 1 aliphatic rings. The fourth-order valence-corrected chi connectivity index (χ4v) is 7.94. The lowest BCUT2D eigenvalue weighted by molar-refractivity contribution is -0.137. The summed E-state index contributed by atoms with van der Waals surface area (Å²) in [6.45, 7) is 5.99. The highest BCUT2D eigenvalue weighted by Crippen LogP contribution is 2.38. The molecule has 2 aromatic carbocycles. The van der Waals surface area contributed by atoms with E-state index in [9.17, 15) is 26.7 Å². The number of nitrogens with zero attached hydrogens (tertiary/aromatic N) is 1. The van der Waals surface area contributed by atoms with Gasteiger partial charge in [-0.2, -0.15) is 17.5 Å². The Kier molecular flexibility index (Phi) is 9.70. The summed E-state index contributed by atoms with van der Waals surface area (Å²) in [6.07, 6.45) is -1.36. The molecule has 0 bridgehead atoms. The number of alkyl halides is 3. The largest absolute Gasteiger partial charge is 0.416 e. The van der Waals surface area contributed by atoms with Crippen molar-refractivity contribution in [1.29, 1.82) is 0 Å². The molecular weight excluding hydrogens is 569 g/mol. The molecule has 0 saturated carbocycles. The Bertz CT molecular complexity index is 1430. The van der Waals surface area contributed by atoms with Gasteiger partial charge in [0.1, 0.15) is 0 Å². The van der Waals surface area contributed by atoms with Gasteiger partial charge in [0.05, 0.1) is 16.6 Å². The average molecular weight is 609 g/mol. The Morgan fingerprint density at radius 2 is 1.76 bits per heavy atom. The van der Waals surface area contributed by atoms with Gasteiger partial charge in [-0.05, 0) is 97.3 Å². The number of aliphatic hydroxyl groups excluding tert-OH is 1. The summed E-state index contributed by atoms with van der Waals surface area (Å²) < 4.78 is 69.3. The number of nitrogens with one attached hydrogen (secondary N) is 1. The standard InChI is InChI=1S/C31H39F3N2O3S2/c1-5-8-22-11-12-40-29(22)25-15-26(31(32,33)34)17-28(16-25)41(38,39)36(4)20-27(37)19-35-30(2,3)18-21-13-23-9-6-7-10-24(23)14-21/h6-7,9-12,15-17,21,27,35,37H,5,8,13-14,18-20H2,1-4H3/t27-/m1/s1. The minimum Gasteiger partial charge on any atom is -0.390 e. The molecule has 224 valence electrons. The number of hydrogen-bond acceptors (Lipinski definition) is 5. The average Bonchev–Trinajstić information content (AvgIpc) is 3.53. The number of rotatable bonds is 12. The van der Waals surface area contributed by atoms with Crippen molar-refractivity contribution in [3.8, 4) is 10.4 Å². The van der Waals surface area contributed by atoms with Crippen LogP contribution in [0.3, 0.4) is 0 Å². The first-order valence-corrected chi connectivity index (χ1v) is 16.3. The van der Waals surface area contributed by atoms with Gasteiger partial charge in [-0.3, -0.25) is 0 Å². The molecule has 41 heavy (non-hydrogen) atoms. The van der Waals surface area contributed by atoms with Crippen molar-refractivity contribution in [3.63, 3.8) is 0 Å². The molecule has 0 saturated heterocycles. The van der Waals surface area contributed by atoms with Crippen LogP contribution < -0.4 is 5.32 Å². The number of hydrogen-bond donors (Lipinski definition) is 2. The number of thiophene rings is 1. The number of β-amino-alcohol motifs (C(OH)–C–C–N with tert-alkyl or cyclic N) is 1. The highest BCUT2D eigenvalue weighted by atomic mass is 32.2. The Balaban J connectivity index is 1.44. The van der Waals surface area contributed by atoms with Crippen LogP contribution in [0.4, 0.5) is 13.2 Å². The first-order valence-electron chi connectivity index (χ1n) is 13.9. The minimum absolute atomic E-state index is 0.149. The fraction of sp³-hybridized carbons (Fsp3) is 0.484. The van der Waals surface area contributed by atoms with E-state index >= 15 is 0 Å². The molecule has 3 aromatic rings. The first-order chi connectivity index (χ1) is 19.2. The maximum absolute atomic E-state index is 13.8. The molecule has 2 N–H and O–H groups in total. The quantitative estimate of drug-likeness (QED) is 0.245. The van der Waals surface area contributed by atoms with Crippen molar-refractivity contribution in [3.05, 3.63) is 76.2 Å². The molecule has 1 aliphatic carbocycles. The van der Waals surface area contributed by atoms with Crippen molar-refractivity contribution in [2.75, 3.05) is 20.1 Å². The summed E-state index contributed by atoms with van der Waals surface area (Å²) in [7, 11) is -3.02. The zero-order valence-corrected chi connectivity index (χ0v) is 25.6. The minimum atomic E-state index is -4.71. The third-order valence-electron chi connectivity index (χ3n) is 7.69. The number of halogens is 3. The van der Waals surface area contributed by atoms with Gasteiger partial charge < -0.3 is 10.4 Å². The Hall–Kier alpha value is -2.24. The Labute approximate surface area is 245 Å². The van der Waals surface area contributed by atoms with E-state index in [-0.39, 0.29) is 24.2 Å². The molecule has 0 fully saturated rings. The number of sulfonamides is 1. The number of likely N-dealkylation sites (N-methyl/N-ethyl adjacent to an activating group) is 1. The third kappa shape index (κ3) is 7.78. The highest BCUT2D eigenvalue weighted by molar-refractivity contribution is 7.89. The molecule has 0 aliphatic heterocycles. The van der Waals surface area contributed by atoms with E-state index in [2.05, 4.69) is 43.4 Å². The lowest BCUT2D eigenvalue weighted by Gasteiger charge is -2.31. The molecule has 4 rings (SSSR count). The van der Waals surface area contributed by atoms with Crippen molar-refractivity contribution >= 4 is 21.4 Å². The number of benzene rings is 2. The predicted molar refractivity (Wildman–Crippen MR) is 159 cm³/mol. The van der Waals surface area contributed by atoms with E-state index in [1.165, 1.54) is 35.6 Å². The van der Waals surface area contributed by atoms with E-state index in [0.717, 1.165) is 41.6 Å². The summed E-state index contributed by atoms with van der Waals surface area (Å²) >= 11 is 1.29. The van der Waals surface area contributed by atoms with E-state index in [4.69, 9.17) is 0 Å². The predicted octanol–water partition coefficient (Wildman–Crippen LogP) is 6.54. The second-order valence-electron chi connectivity index (χ2n) is 11.7. The highest BCUT2D eigenvalue weighted by Gasteiger charge is 2.34. The van der Waals surface area contributed by atoms with Gasteiger partial charge in [0.2, 0.25) is 10.0 Å². The second kappa shape index (κ2) is 12.6. The van der Waals surface area contributed by atoms with Crippen molar-refractivity contribution in [1.82, 2.24) is 9.62 Å². The molecular formula is C31H39F3N2O3S2. The van der Waals surface area contributed by atoms with Gasteiger partial charge in [-0.1, -0.05) is 37.6 Å². The molecule has 1 heterocycles. The van der Waals surface area contributed by atoms with Gasteiger partial charge in [0.15, 0.2) is 0 Å². The normalized spacial score (nSPS) is 15.4. The van der Waals surface area contributed by atoms with E-state index in [1.54, 1.807) is 5.38 Å². The van der Waals surface area contributed by atoms with Crippen LogP contribution in [0.5, 0.6) is 0 Å². The van der Waals surface area contributed by atoms with E-state index in [0.29, 0.717) is 23.3 Å². The van der Waals surface area contributed by atoms with Crippen LogP contribution in [0.25, 0.3) is 10.4 Å². The zero-order valence-electron chi connectivity index (χ0n) is 24.0. The monoisotopic (exact) mass is 608 g/mol. The molecule has 5 nitrogen and oxygen atoms in total. The summed E-state index contributed by atoms with van der Waals surface area (Å²) in [5, 5.41) is 15.9. The van der Waals surface area contributed by atoms with E-state index in [1.807, 2.05) is 13.0 Å². The van der Waals surface area contributed by atoms with Crippen LogP contribution in [0.15, 0.2) is 58.8 Å². The van der Waals surface area contributed by atoms with Crippen LogP contribution in [0, 0.1) is 5.92 Å². The maximum atomic E-state index is 13.8. The summed E-state index contributed by atoms with van der Waals surface area (Å²) in [6, 6.07) is 13.3. The number of aliphatic hydroxyl groups is 1. The van der Waals surface area contributed by atoms with Crippen LogP contribution in [0.2, 0.25) is 0 Å². The molecule has 10 heteroatoms.